The number of rotatable bonds is 13. The molecule has 162 valence electrons. The molecule has 0 amide bonds. The zero-order chi connectivity index (χ0) is 19.9. The fourth-order valence-electron chi connectivity index (χ4n) is 2.44. The quantitative estimate of drug-likeness (QED) is 0.164. The van der Waals surface area contributed by atoms with Gasteiger partial charge in [-0.1, -0.05) is 12.1 Å². The molecule has 8 heteroatoms. The van der Waals surface area contributed by atoms with Crippen LogP contribution in [-0.4, -0.2) is 82.2 Å². The first-order chi connectivity index (χ1) is 13.0. The molecule has 0 heterocycles. The van der Waals surface area contributed by atoms with Gasteiger partial charge in [0.25, 0.3) is 0 Å². The van der Waals surface area contributed by atoms with E-state index in [1.165, 1.54) is 0 Å². The predicted octanol–water partition coefficient (Wildman–Crippen LogP) is 1.88. The Kier molecular flexibility index (Phi) is 16.2. The van der Waals surface area contributed by atoms with E-state index in [0.29, 0.717) is 5.96 Å². The minimum atomic E-state index is -0.655. The number of aliphatic hydroxyl groups is 1. The van der Waals surface area contributed by atoms with Crippen molar-refractivity contribution in [2.24, 2.45) is 4.99 Å². The molecular weight excluding hydrogens is 471 g/mol. The number of likely N-dealkylation sites (N-methyl/N-ethyl adjacent to an activating group) is 1. The number of guanidine groups is 1. The summed E-state index contributed by atoms with van der Waals surface area (Å²) in [5.41, 5.74) is 1.13. The largest absolute Gasteiger partial charge is 0.491 e. The molecule has 1 atom stereocenters. The number of aliphatic hydroxyl groups excluding tert-OH is 1. The van der Waals surface area contributed by atoms with Crippen LogP contribution in [0.4, 0.5) is 0 Å². The number of halogens is 1. The van der Waals surface area contributed by atoms with Crippen LogP contribution in [0.15, 0.2) is 29.3 Å². The van der Waals surface area contributed by atoms with E-state index < -0.39 is 6.10 Å². The number of ether oxygens (including phenoxy) is 2. The Hall–Kier alpha value is -1.10. The summed E-state index contributed by atoms with van der Waals surface area (Å²) >= 11 is 0. The Balaban J connectivity index is 0.00000729. The van der Waals surface area contributed by atoms with E-state index >= 15 is 0 Å². The summed E-state index contributed by atoms with van der Waals surface area (Å²) in [5, 5.41) is 16.6. The van der Waals surface area contributed by atoms with E-state index in [1.54, 1.807) is 7.11 Å². The smallest absolute Gasteiger partial charge is 0.191 e. The van der Waals surface area contributed by atoms with E-state index in [1.807, 2.05) is 38.1 Å². The maximum Gasteiger partial charge on any atom is 0.191 e. The highest BCUT2D eigenvalue weighted by atomic mass is 127. The van der Waals surface area contributed by atoms with Gasteiger partial charge >= 0.3 is 0 Å². The van der Waals surface area contributed by atoms with Crippen LogP contribution in [0.25, 0.3) is 0 Å². The fourth-order valence-corrected chi connectivity index (χ4v) is 2.44. The molecule has 1 rings (SSSR count). The first kappa shape index (κ1) is 26.9. The lowest BCUT2D eigenvalue weighted by Crippen LogP contribution is -2.41. The lowest BCUT2D eigenvalue weighted by atomic mass is 10.2. The highest BCUT2D eigenvalue weighted by Gasteiger charge is 2.06. The van der Waals surface area contributed by atoms with Crippen molar-refractivity contribution < 1.29 is 14.6 Å². The second-order valence-electron chi connectivity index (χ2n) is 6.58. The summed E-state index contributed by atoms with van der Waals surface area (Å²) < 4.78 is 10.7. The molecule has 0 aliphatic heterocycles. The lowest BCUT2D eigenvalue weighted by Gasteiger charge is -2.18. The third-order valence-corrected chi connectivity index (χ3v) is 3.91. The number of methoxy groups -OCH3 is 1. The molecule has 0 aliphatic carbocycles. The van der Waals surface area contributed by atoms with Gasteiger partial charge < -0.3 is 30.1 Å². The van der Waals surface area contributed by atoms with Crippen molar-refractivity contribution >= 4 is 29.9 Å². The van der Waals surface area contributed by atoms with Gasteiger partial charge in [0.05, 0.1) is 6.54 Å². The molecule has 0 saturated carbocycles. The second-order valence-corrected chi connectivity index (χ2v) is 6.58. The Morgan fingerprint density at radius 2 is 2.07 bits per heavy atom. The molecule has 7 nitrogen and oxygen atoms in total. The second kappa shape index (κ2) is 16.8. The molecule has 1 unspecified atom stereocenters. The molecule has 0 aliphatic rings. The first-order valence-electron chi connectivity index (χ1n) is 9.62. The van der Waals surface area contributed by atoms with E-state index in [9.17, 15) is 5.11 Å². The summed E-state index contributed by atoms with van der Waals surface area (Å²) in [7, 11) is 3.81. The predicted molar refractivity (Wildman–Crippen MR) is 126 cm³/mol. The number of benzene rings is 1. The zero-order valence-corrected chi connectivity index (χ0v) is 19.9. The number of aryl methyl sites for hydroxylation is 1. The molecule has 0 radical (unpaired) electrons. The van der Waals surface area contributed by atoms with E-state index in [-0.39, 0.29) is 37.1 Å². The summed E-state index contributed by atoms with van der Waals surface area (Å²) in [6, 6.07) is 7.79. The van der Waals surface area contributed by atoms with Gasteiger partial charge in [-0.05, 0) is 45.0 Å². The van der Waals surface area contributed by atoms with Gasteiger partial charge in [0.15, 0.2) is 5.96 Å². The SMILES string of the molecule is CCNC(=NCC(O)COc1cccc(C)c1)NCCN(C)CCCOC.I. The van der Waals surface area contributed by atoms with Crippen LogP contribution in [0.2, 0.25) is 0 Å². The molecule has 0 aromatic heterocycles. The highest BCUT2D eigenvalue weighted by molar-refractivity contribution is 14.0. The van der Waals surface area contributed by atoms with Crippen LogP contribution < -0.4 is 15.4 Å². The van der Waals surface area contributed by atoms with Crippen molar-refractivity contribution in [1.82, 2.24) is 15.5 Å². The van der Waals surface area contributed by atoms with Gasteiger partial charge in [-0.2, -0.15) is 0 Å². The van der Waals surface area contributed by atoms with Gasteiger partial charge in [-0.25, -0.2) is 0 Å². The summed E-state index contributed by atoms with van der Waals surface area (Å²) in [5.74, 6) is 1.47. The number of nitrogens with one attached hydrogen (secondary N) is 2. The van der Waals surface area contributed by atoms with Crippen molar-refractivity contribution in [3.05, 3.63) is 29.8 Å². The van der Waals surface area contributed by atoms with Gasteiger partial charge in [0.2, 0.25) is 0 Å². The maximum absolute atomic E-state index is 10.1. The fraction of sp³-hybridized carbons (Fsp3) is 0.650. The molecule has 1 aromatic carbocycles. The summed E-state index contributed by atoms with van der Waals surface area (Å²) in [6.07, 6.45) is 0.367. The Morgan fingerprint density at radius 1 is 1.29 bits per heavy atom. The molecule has 1 aromatic rings. The van der Waals surface area contributed by atoms with E-state index in [0.717, 1.165) is 50.5 Å². The number of hydrogen-bond acceptors (Lipinski definition) is 5. The molecule has 3 N–H and O–H groups in total. The Labute approximate surface area is 186 Å². The first-order valence-corrected chi connectivity index (χ1v) is 9.62. The standard InChI is InChI=1S/C20H36N4O3.HI/c1-5-21-20(22-10-12-24(3)11-7-13-26-4)23-15-18(25)16-27-19-9-6-8-17(2)14-19;/h6,8-9,14,18,25H,5,7,10-13,15-16H2,1-4H3,(H2,21,22,23);1H. The van der Waals surface area contributed by atoms with Crippen molar-refractivity contribution in [2.45, 2.75) is 26.4 Å². The van der Waals surface area contributed by atoms with Gasteiger partial charge in [0.1, 0.15) is 18.5 Å². The maximum atomic E-state index is 10.1. The third kappa shape index (κ3) is 13.1. The molecule has 0 spiro atoms. The molecular formula is C20H37IN4O3. The van der Waals surface area contributed by atoms with Gasteiger partial charge in [-0.3, -0.25) is 4.99 Å². The minimum Gasteiger partial charge on any atom is -0.491 e. The topological polar surface area (TPSA) is 78.4 Å². The number of hydrogen-bond donors (Lipinski definition) is 3. The summed E-state index contributed by atoms with van der Waals surface area (Å²) in [6.45, 7) is 8.77. The van der Waals surface area contributed by atoms with Crippen molar-refractivity contribution in [1.29, 1.82) is 0 Å². The molecule has 0 bridgehead atoms. The van der Waals surface area contributed by atoms with Gasteiger partial charge in [-0.15, -0.1) is 24.0 Å². The molecule has 0 saturated heterocycles. The molecule has 28 heavy (non-hydrogen) atoms. The number of aliphatic imine (C=N–C) groups is 1. The summed E-state index contributed by atoms with van der Waals surface area (Å²) in [4.78, 5) is 6.69. The van der Waals surface area contributed by atoms with Crippen LogP contribution in [0, 0.1) is 6.92 Å². The minimum absolute atomic E-state index is 0. The van der Waals surface area contributed by atoms with Crippen LogP contribution in [0.1, 0.15) is 18.9 Å². The Morgan fingerprint density at radius 3 is 2.75 bits per heavy atom. The number of nitrogens with zero attached hydrogens (tertiary/aromatic N) is 2. The van der Waals surface area contributed by atoms with Crippen LogP contribution in [-0.2, 0) is 4.74 Å². The van der Waals surface area contributed by atoms with Gasteiger partial charge in [0, 0.05) is 39.9 Å². The van der Waals surface area contributed by atoms with Crippen molar-refractivity contribution in [2.75, 3.05) is 60.1 Å². The van der Waals surface area contributed by atoms with Crippen LogP contribution in [0.3, 0.4) is 0 Å². The molecule has 0 fully saturated rings. The Bertz CT molecular complexity index is 546. The van der Waals surface area contributed by atoms with Crippen molar-refractivity contribution in [3.8, 4) is 5.75 Å². The normalized spacial score (nSPS) is 12.4. The van der Waals surface area contributed by atoms with E-state index in [2.05, 4.69) is 27.6 Å². The average Bonchev–Trinajstić information content (AvgIpc) is 2.64. The zero-order valence-electron chi connectivity index (χ0n) is 17.6. The van der Waals surface area contributed by atoms with Crippen LogP contribution in [0.5, 0.6) is 5.75 Å². The highest BCUT2D eigenvalue weighted by Crippen LogP contribution is 2.12. The van der Waals surface area contributed by atoms with Crippen LogP contribution >= 0.6 is 24.0 Å². The average molecular weight is 508 g/mol. The monoisotopic (exact) mass is 508 g/mol. The van der Waals surface area contributed by atoms with Crippen molar-refractivity contribution in [3.63, 3.8) is 0 Å². The van der Waals surface area contributed by atoms with E-state index in [4.69, 9.17) is 9.47 Å². The lowest BCUT2D eigenvalue weighted by molar-refractivity contribution is 0.114. The third-order valence-electron chi connectivity index (χ3n) is 3.91.